The molecule has 6 heterocycles. The van der Waals surface area contributed by atoms with Gasteiger partial charge in [-0.05, 0) is 38.4 Å². The van der Waals surface area contributed by atoms with E-state index in [4.69, 9.17) is 37.9 Å². The van der Waals surface area contributed by atoms with Crippen LogP contribution in [0.3, 0.4) is 0 Å². The van der Waals surface area contributed by atoms with Crippen molar-refractivity contribution in [1.82, 2.24) is 15.1 Å². The first-order chi connectivity index (χ1) is 25.6. The number of hydrogen-bond acceptors (Lipinski definition) is 15. The van der Waals surface area contributed by atoms with Gasteiger partial charge in [-0.3, -0.25) is 14.6 Å². The van der Waals surface area contributed by atoms with E-state index in [1.165, 1.54) is 24.8 Å². The van der Waals surface area contributed by atoms with Crippen molar-refractivity contribution in [1.29, 1.82) is 5.26 Å². The maximum absolute atomic E-state index is 13.7. The lowest BCUT2D eigenvalue weighted by atomic mass is 9.66. The van der Waals surface area contributed by atoms with Gasteiger partial charge in [0.05, 0.1) is 25.3 Å². The molecule has 15 nitrogen and oxygen atoms in total. The molecular weight excluding hydrogens is 708 g/mol. The summed E-state index contributed by atoms with van der Waals surface area (Å²) in [5.41, 5.74) is 4.26. The van der Waals surface area contributed by atoms with Gasteiger partial charge < -0.3 is 43.2 Å². The van der Waals surface area contributed by atoms with Crippen molar-refractivity contribution in [2.75, 3.05) is 53.8 Å². The second kappa shape index (κ2) is 14.8. The largest absolute Gasteiger partial charge is 0.493 e. The van der Waals surface area contributed by atoms with E-state index in [1.54, 1.807) is 14.2 Å². The molecule has 5 saturated heterocycles. The molecule has 1 aromatic carbocycles. The van der Waals surface area contributed by atoms with Gasteiger partial charge in [0.15, 0.2) is 29.8 Å². The molecule has 1 N–H and O–H groups in total. The average molecular weight is 753 g/mol. The molecule has 0 radical (unpaired) electrons. The fourth-order valence-electron chi connectivity index (χ4n) is 9.11. The van der Waals surface area contributed by atoms with Gasteiger partial charge in [0.25, 0.3) is 0 Å². The highest BCUT2D eigenvalue weighted by Gasteiger charge is 2.64. The monoisotopic (exact) mass is 752 g/mol. The number of nitrogens with one attached hydrogen (secondary N) is 1. The summed E-state index contributed by atoms with van der Waals surface area (Å²) in [5, 5.41) is 13.3. The lowest BCUT2D eigenvalue weighted by molar-refractivity contribution is -0.154. The van der Waals surface area contributed by atoms with Crippen LogP contribution in [-0.4, -0.2) is 123 Å². The van der Waals surface area contributed by atoms with Crippen molar-refractivity contribution >= 4 is 29.8 Å². The van der Waals surface area contributed by atoms with Crippen LogP contribution in [0.25, 0.3) is 0 Å². The number of hydrogen-bond donors (Lipinski definition) is 1. The summed E-state index contributed by atoms with van der Waals surface area (Å²) in [6, 6.07) is 1.21. The maximum atomic E-state index is 13.7. The number of amides is 1. The van der Waals surface area contributed by atoms with Gasteiger partial charge in [-0.1, -0.05) is 18.7 Å². The molecule has 0 saturated carbocycles. The first kappa shape index (κ1) is 36.9. The van der Waals surface area contributed by atoms with Crippen molar-refractivity contribution < 1.29 is 52.3 Å². The van der Waals surface area contributed by atoms with E-state index in [1.807, 2.05) is 20.9 Å². The molecule has 53 heavy (non-hydrogen) atoms. The number of aryl methyl sites for hydroxylation is 1. The topological polar surface area (TPSA) is 167 Å². The molecule has 9 atom stereocenters. The number of thioether (sulfide) groups is 1. The Labute approximate surface area is 312 Å². The Morgan fingerprint density at radius 3 is 2.66 bits per heavy atom. The van der Waals surface area contributed by atoms with Crippen LogP contribution < -0.4 is 14.8 Å². The minimum atomic E-state index is -1.07. The lowest BCUT2D eigenvalue weighted by Crippen LogP contribution is -2.75. The van der Waals surface area contributed by atoms with E-state index in [-0.39, 0.29) is 44.6 Å². The summed E-state index contributed by atoms with van der Waals surface area (Å²) in [6.07, 6.45) is 0.410. The summed E-state index contributed by atoms with van der Waals surface area (Å²) in [6.45, 7) is 8.50. The molecule has 4 bridgehead atoms. The molecule has 8 rings (SSSR count). The van der Waals surface area contributed by atoms with Gasteiger partial charge in [-0.25, -0.2) is 9.59 Å². The molecule has 1 amide bonds. The minimum absolute atomic E-state index is 0.0229. The number of ether oxygens (including phenoxy) is 8. The average Bonchev–Trinajstić information content (AvgIpc) is 3.62. The molecule has 6 aliphatic heterocycles. The van der Waals surface area contributed by atoms with Gasteiger partial charge in [-0.15, -0.1) is 0 Å². The van der Waals surface area contributed by atoms with Crippen molar-refractivity contribution in [2.45, 2.75) is 74.8 Å². The highest BCUT2D eigenvalue weighted by molar-refractivity contribution is 8.00. The number of piperazine rings is 1. The van der Waals surface area contributed by atoms with E-state index in [2.05, 4.69) is 33.8 Å². The second-order valence-corrected chi connectivity index (χ2v) is 15.1. The third-order valence-corrected chi connectivity index (χ3v) is 12.5. The van der Waals surface area contributed by atoms with E-state index in [0.717, 1.165) is 22.3 Å². The molecule has 284 valence electrons. The maximum Gasteiger partial charge on any atom is 0.408 e. The van der Waals surface area contributed by atoms with Gasteiger partial charge in [0.1, 0.15) is 31.4 Å². The summed E-state index contributed by atoms with van der Waals surface area (Å²) in [7, 11) is 5.18. The standard InChI is InChI=1S/C37H44N4O11S/c1-8-9-47-37(44)39-21-14-53-35-27-26(34-32(50-16-51-34)18(3)31(27)52-19(4)42)24(13-48-36(21)43)41-23(12-38)22-11-20-10-17(2)30(46-7)33(49-15-45-6)25(20)28(29(35)41)40(22)5/h8,10,21-24,27-29,31,35H,1,9,11,13-16H2,2-7H3,(H,39,44)/t21?,22-,23?,24-,27?,28-,29?,31?,35-/m1/s1. The molecular formula is C37H44N4O11S. The summed E-state index contributed by atoms with van der Waals surface area (Å²) >= 11 is 1.43. The predicted molar refractivity (Wildman–Crippen MR) is 189 cm³/mol. The van der Waals surface area contributed by atoms with Crippen LogP contribution in [0.4, 0.5) is 4.79 Å². The summed E-state index contributed by atoms with van der Waals surface area (Å²) in [5.74, 6) is 0.559. The number of nitriles is 1. The normalized spacial score (nSPS) is 31.6. The first-order valence-electron chi connectivity index (χ1n) is 17.5. The van der Waals surface area contributed by atoms with Crippen molar-refractivity contribution in [3.8, 4) is 17.6 Å². The Bertz CT molecular complexity index is 1810. The Morgan fingerprint density at radius 2 is 1.96 bits per heavy atom. The lowest BCUT2D eigenvalue weighted by Gasteiger charge is -2.64. The summed E-state index contributed by atoms with van der Waals surface area (Å²) < 4.78 is 47.3. The van der Waals surface area contributed by atoms with Crippen LogP contribution in [0.2, 0.25) is 0 Å². The Kier molecular flexibility index (Phi) is 10.3. The van der Waals surface area contributed by atoms with E-state index >= 15 is 0 Å². The third kappa shape index (κ3) is 6.07. The second-order valence-electron chi connectivity index (χ2n) is 13.9. The fourth-order valence-corrected chi connectivity index (χ4v) is 10.7. The molecule has 16 heteroatoms. The van der Waals surface area contributed by atoms with Gasteiger partial charge >= 0.3 is 18.0 Å². The number of esters is 2. The predicted octanol–water partition coefficient (Wildman–Crippen LogP) is 2.88. The molecule has 0 aromatic heterocycles. The Hall–Kier alpha value is -4.43. The first-order valence-corrected chi connectivity index (χ1v) is 18.5. The van der Waals surface area contributed by atoms with E-state index in [0.29, 0.717) is 35.0 Å². The number of alkyl carbamates (subject to hydrolysis) is 1. The Balaban J connectivity index is 1.46. The van der Waals surface area contributed by atoms with Crippen molar-refractivity contribution in [3.05, 3.63) is 58.1 Å². The number of piperidine rings is 1. The molecule has 5 unspecified atom stereocenters. The van der Waals surface area contributed by atoms with E-state index < -0.39 is 59.5 Å². The highest BCUT2D eigenvalue weighted by Crippen LogP contribution is 2.59. The number of carbonyl (C=O) groups excluding carboxylic acids is 3. The van der Waals surface area contributed by atoms with Crippen LogP contribution in [0.1, 0.15) is 36.6 Å². The zero-order valence-electron chi connectivity index (χ0n) is 30.5. The SMILES string of the molecule is C=CCOC(=O)NC1CS[C@@H]2C3C(=C4OCOC4=C(C)C3OC(C)=O)[C@@H](COC1=O)N1C(C#N)[C@H]3Cc4cc(C)c(OC)c(OCOC)c4[C@H](C21)N3C. The third-order valence-electron chi connectivity index (χ3n) is 11.0. The van der Waals surface area contributed by atoms with Crippen molar-refractivity contribution in [3.63, 3.8) is 0 Å². The number of rotatable bonds is 8. The van der Waals surface area contributed by atoms with Gasteiger partial charge in [-0.2, -0.15) is 17.0 Å². The molecule has 0 spiro atoms. The molecule has 1 aliphatic carbocycles. The number of likely N-dealkylation sites (N-methyl/N-ethyl adjacent to an activating group) is 1. The Morgan fingerprint density at radius 1 is 1.19 bits per heavy atom. The summed E-state index contributed by atoms with van der Waals surface area (Å²) in [4.78, 5) is 43.7. The van der Waals surface area contributed by atoms with Crippen molar-refractivity contribution in [2.24, 2.45) is 5.92 Å². The number of fused-ring (bicyclic) bond motifs is 10. The molecule has 1 aromatic rings. The zero-order chi connectivity index (χ0) is 37.7. The number of benzene rings is 1. The minimum Gasteiger partial charge on any atom is -0.493 e. The van der Waals surface area contributed by atoms with Gasteiger partial charge in [0.2, 0.25) is 6.79 Å². The number of nitrogens with zero attached hydrogens (tertiary/aromatic N) is 3. The number of carbonyl (C=O) groups is 3. The van der Waals surface area contributed by atoms with Crippen LogP contribution in [0, 0.1) is 24.2 Å². The molecule has 5 fully saturated rings. The zero-order valence-corrected chi connectivity index (χ0v) is 31.4. The molecule has 7 aliphatic rings. The number of methoxy groups -OCH3 is 2. The van der Waals surface area contributed by atoms with Crippen LogP contribution in [-0.2, 0) is 44.4 Å². The smallest absolute Gasteiger partial charge is 0.408 e. The highest BCUT2D eigenvalue weighted by atomic mass is 32.2. The van der Waals surface area contributed by atoms with Crippen LogP contribution in [0.15, 0.2) is 41.4 Å². The van der Waals surface area contributed by atoms with E-state index in [9.17, 15) is 19.6 Å². The van der Waals surface area contributed by atoms with Crippen LogP contribution in [0.5, 0.6) is 11.5 Å². The van der Waals surface area contributed by atoms with Gasteiger partial charge in [0, 0.05) is 59.7 Å². The fraction of sp³-hybridized carbons (Fsp3) is 0.568. The quantitative estimate of drug-likeness (QED) is 0.178. The van der Waals surface area contributed by atoms with Crippen LogP contribution >= 0.6 is 11.8 Å².